The van der Waals surface area contributed by atoms with E-state index in [0.717, 1.165) is 10.6 Å². The number of rotatable bonds is 6. The lowest BCUT2D eigenvalue weighted by Crippen LogP contribution is -2.47. The van der Waals surface area contributed by atoms with Crippen molar-refractivity contribution in [3.8, 4) is 28.7 Å². The molecular weight excluding hydrogens is 542 g/mol. The molecule has 0 bridgehead atoms. The quantitative estimate of drug-likeness (QED) is 0.262. The predicted octanol–water partition coefficient (Wildman–Crippen LogP) is 3.70. The Morgan fingerprint density at radius 1 is 1.05 bits per heavy atom. The van der Waals surface area contributed by atoms with E-state index in [1.165, 1.54) is 18.3 Å². The van der Waals surface area contributed by atoms with Gasteiger partial charge in [0.1, 0.15) is 28.8 Å². The molecule has 0 radical (unpaired) electrons. The molecule has 1 amide bonds. The lowest BCUT2D eigenvalue weighted by Gasteiger charge is -2.39. The van der Waals surface area contributed by atoms with Gasteiger partial charge in [0, 0.05) is 28.8 Å². The highest BCUT2D eigenvalue weighted by molar-refractivity contribution is 5.92. The summed E-state index contributed by atoms with van der Waals surface area (Å²) in [6.07, 6.45) is 2.57. The van der Waals surface area contributed by atoms with Crippen LogP contribution < -0.4 is 23.7 Å². The van der Waals surface area contributed by atoms with E-state index in [9.17, 15) is 20.0 Å². The fraction of sp³-hybridized carbons (Fsp3) is 0.259. The van der Waals surface area contributed by atoms with E-state index in [1.54, 1.807) is 39.5 Å². The lowest BCUT2D eigenvalue weighted by molar-refractivity contribution is -0.402. The first kappa shape index (κ1) is 27.3. The van der Waals surface area contributed by atoms with Crippen LogP contribution >= 0.6 is 0 Å². The molecule has 1 saturated heterocycles. The van der Waals surface area contributed by atoms with Crippen molar-refractivity contribution >= 4 is 29.8 Å². The molecule has 3 aliphatic heterocycles. The molecular formula is C27H25N3O11. The van der Waals surface area contributed by atoms with Crippen LogP contribution in [0.4, 0.5) is 10.7 Å². The van der Waals surface area contributed by atoms with Crippen molar-refractivity contribution in [1.82, 2.24) is 5.01 Å². The Morgan fingerprint density at radius 2 is 1.83 bits per heavy atom. The fourth-order valence-corrected chi connectivity index (χ4v) is 4.24. The highest BCUT2D eigenvalue weighted by Crippen LogP contribution is 2.49. The Labute approximate surface area is 233 Å². The number of nitrogens with zero attached hydrogens (tertiary/aromatic N) is 3. The number of cyclic esters (lactones) is 1. The molecule has 0 spiro atoms. The number of carbonyl (C=O) groups is 1. The molecule has 6 rings (SSSR count). The SMILES string of the molecule is COc1ccc2c(c1)OC1(O)COc3cc(OC)c(OC)cc3C1=C2.O=C1OCCN1N=Cc1ccc([N+](=O)[O-])o1. The van der Waals surface area contributed by atoms with Crippen LogP contribution in [-0.2, 0) is 4.74 Å². The van der Waals surface area contributed by atoms with Crippen LogP contribution in [0.15, 0.2) is 52.0 Å². The molecule has 41 heavy (non-hydrogen) atoms. The maximum absolute atomic E-state index is 11.0. The van der Waals surface area contributed by atoms with Gasteiger partial charge in [-0.2, -0.15) is 10.1 Å². The van der Waals surface area contributed by atoms with Crippen molar-refractivity contribution in [3.63, 3.8) is 0 Å². The van der Waals surface area contributed by atoms with E-state index in [0.29, 0.717) is 46.4 Å². The number of amides is 1. The van der Waals surface area contributed by atoms with Crippen LogP contribution in [0.25, 0.3) is 11.6 Å². The highest BCUT2D eigenvalue weighted by Gasteiger charge is 2.44. The molecule has 14 nitrogen and oxygen atoms in total. The van der Waals surface area contributed by atoms with Gasteiger partial charge in [0.25, 0.3) is 5.79 Å². The second kappa shape index (κ2) is 11.1. The van der Waals surface area contributed by atoms with Gasteiger partial charge < -0.3 is 37.9 Å². The molecule has 14 heteroatoms. The second-order valence-corrected chi connectivity index (χ2v) is 8.76. The average Bonchev–Trinajstić information content (AvgIpc) is 3.63. The Balaban J connectivity index is 0.000000182. The normalized spacial score (nSPS) is 18.4. The molecule has 4 heterocycles. The number of methoxy groups -OCH3 is 3. The van der Waals surface area contributed by atoms with Gasteiger partial charge in [-0.15, -0.1) is 0 Å². The number of ether oxygens (including phenoxy) is 6. The number of hydrogen-bond acceptors (Lipinski definition) is 12. The Kier molecular flexibility index (Phi) is 7.40. The minimum Gasteiger partial charge on any atom is -0.497 e. The largest absolute Gasteiger partial charge is 0.497 e. The lowest BCUT2D eigenvalue weighted by atomic mass is 9.90. The fourth-order valence-electron chi connectivity index (χ4n) is 4.24. The molecule has 0 aliphatic carbocycles. The van der Waals surface area contributed by atoms with E-state index in [-0.39, 0.29) is 24.9 Å². The number of fused-ring (bicyclic) bond motifs is 4. The van der Waals surface area contributed by atoms with Gasteiger partial charge in [0.2, 0.25) is 0 Å². The number of furan rings is 1. The smallest absolute Gasteiger partial charge is 0.433 e. The third-order valence-electron chi connectivity index (χ3n) is 6.28. The summed E-state index contributed by atoms with van der Waals surface area (Å²) < 4.78 is 36.9. The molecule has 1 N–H and O–H groups in total. The molecule has 1 atom stereocenters. The van der Waals surface area contributed by atoms with Crippen molar-refractivity contribution in [2.75, 3.05) is 41.1 Å². The predicted molar refractivity (Wildman–Crippen MR) is 142 cm³/mol. The van der Waals surface area contributed by atoms with Gasteiger partial charge in [0.15, 0.2) is 23.9 Å². The van der Waals surface area contributed by atoms with Crippen LogP contribution in [0.3, 0.4) is 0 Å². The first-order valence-electron chi connectivity index (χ1n) is 12.2. The van der Waals surface area contributed by atoms with Crippen LogP contribution in [0.2, 0.25) is 0 Å². The van der Waals surface area contributed by atoms with Crippen LogP contribution in [-0.4, -0.2) is 74.2 Å². The van der Waals surface area contributed by atoms with Crippen molar-refractivity contribution in [2.24, 2.45) is 5.10 Å². The van der Waals surface area contributed by atoms with Gasteiger partial charge in [-0.3, -0.25) is 10.1 Å². The molecule has 1 fully saturated rings. The molecule has 0 saturated carbocycles. The molecule has 3 aliphatic rings. The molecule has 1 aromatic heterocycles. The molecule has 3 aromatic rings. The van der Waals surface area contributed by atoms with Gasteiger partial charge in [0.05, 0.1) is 40.2 Å². The van der Waals surface area contributed by atoms with Crippen molar-refractivity contribution in [3.05, 3.63) is 69.5 Å². The minimum absolute atomic E-state index is 0.0298. The number of carbonyl (C=O) groups excluding carboxylic acids is 1. The maximum atomic E-state index is 11.0. The van der Waals surface area contributed by atoms with E-state index in [1.807, 2.05) is 18.2 Å². The minimum atomic E-state index is -1.58. The maximum Gasteiger partial charge on any atom is 0.433 e. The third-order valence-corrected chi connectivity index (χ3v) is 6.28. The Morgan fingerprint density at radius 3 is 2.49 bits per heavy atom. The van der Waals surface area contributed by atoms with E-state index >= 15 is 0 Å². The van der Waals surface area contributed by atoms with Gasteiger partial charge in [-0.1, -0.05) is 0 Å². The van der Waals surface area contributed by atoms with Gasteiger partial charge >= 0.3 is 12.0 Å². The number of benzene rings is 2. The Bertz CT molecular complexity index is 1550. The van der Waals surface area contributed by atoms with Gasteiger partial charge in [-0.05, 0) is 30.3 Å². The van der Waals surface area contributed by atoms with Crippen molar-refractivity contribution in [1.29, 1.82) is 0 Å². The summed E-state index contributed by atoms with van der Waals surface area (Å²) in [5.74, 6) is 1.17. The Hall–Kier alpha value is -5.24. The van der Waals surface area contributed by atoms with Crippen molar-refractivity contribution < 1.29 is 47.7 Å². The van der Waals surface area contributed by atoms with Crippen LogP contribution in [0, 0.1) is 10.1 Å². The molecule has 214 valence electrons. The van der Waals surface area contributed by atoms with E-state index in [2.05, 4.69) is 9.84 Å². The number of hydrazone groups is 1. The zero-order valence-electron chi connectivity index (χ0n) is 22.2. The van der Waals surface area contributed by atoms with Crippen molar-refractivity contribution in [2.45, 2.75) is 5.79 Å². The summed E-state index contributed by atoms with van der Waals surface area (Å²) in [7, 11) is 4.71. The zero-order valence-corrected chi connectivity index (χ0v) is 22.2. The third kappa shape index (κ3) is 5.45. The summed E-state index contributed by atoms with van der Waals surface area (Å²) in [5.41, 5.74) is 2.17. The number of nitro groups is 1. The summed E-state index contributed by atoms with van der Waals surface area (Å²) in [6.45, 7) is 0.616. The van der Waals surface area contributed by atoms with Gasteiger partial charge in [-0.25, -0.2) is 4.79 Å². The van der Waals surface area contributed by atoms with E-state index in [4.69, 9.17) is 28.1 Å². The van der Waals surface area contributed by atoms with Crippen LogP contribution in [0.1, 0.15) is 16.9 Å². The summed E-state index contributed by atoms with van der Waals surface area (Å²) >= 11 is 0. The number of aliphatic hydroxyl groups is 1. The summed E-state index contributed by atoms with van der Waals surface area (Å²) in [4.78, 5) is 20.6. The monoisotopic (exact) mass is 567 g/mol. The summed E-state index contributed by atoms with van der Waals surface area (Å²) in [6, 6.07) is 11.6. The van der Waals surface area contributed by atoms with Crippen LogP contribution in [0.5, 0.6) is 28.7 Å². The molecule has 2 aromatic carbocycles. The second-order valence-electron chi connectivity index (χ2n) is 8.76. The summed E-state index contributed by atoms with van der Waals surface area (Å²) in [5, 5.41) is 26.2. The zero-order chi connectivity index (χ0) is 29.1. The number of hydrogen-bond donors (Lipinski definition) is 1. The standard InChI is InChI=1S/C19H18O6.C8H7N3O5/c1-21-12-5-4-11-6-14-13-8-17(22-2)18(23-3)9-16(13)24-10-19(14,20)25-15(11)7-12;12-8-10(3-4-15-8)9-5-6-1-2-7(16-6)11(13)14/h4-9,20H,10H2,1-3H3;1-2,5H,3-4H2. The first-order chi connectivity index (χ1) is 19.7. The topological polar surface area (TPSA) is 165 Å². The average molecular weight is 568 g/mol. The molecule has 1 unspecified atom stereocenters. The van der Waals surface area contributed by atoms with E-state index < -0.39 is 16.8 Å². The first-order valence-corrected chi connectivity index (χ1v) is 12.2. The highest BCUT2D eigenvalue weighted by atomic mass is 16.7.